The van der Waals surface area contributed by atoms with Crippen LogP contribution in [0.5, 0.6) is 5.75 Å². The number of ether oxygens (including phenoxy) is 1. The summed E-state index contributed by atoms with van der Waals surface area (Å²) in [7, 11) is 0. The molecule has 6 nitrogen and oxygen atoms in total. The molecule has 0 saturated heterocycles. The predicted molar refractivity (Wildman–Crippen MR) is 66.9 cm³/mol. The lowest BCUT2D eigenvalue weighted by Gasteiger charge is -2.07. The van der Waals surface area contributed by atoms with Gasteiger partial charge in [0.1, 0.15) is 18.2 Å². The second kappa shape index (κ2) is 6.12. The molecule has 21 heavy (non-hydrogen) atoms. The third-order valence-electron chi connectivity index (χ3n) is 2.53. The summed E-state index contributed by atoms with van der Waals surface area (Å²) in [6.07, 6.45) is 0.669. The number of hydrogen-bond donors (Lipinski definition) is 2. The molecular weight excluding hydrogens is 286 g/mol. The van der Waals surface area contributed by atoms with Crippen LogP contribution in [-0.2, 0) is 17.8 Å². The molecule has 0 aliphatic carbocycles. The van der Waals surface area contributed by atoms with Crippen molar-refractivity contribution in [2.45, 2.75) is 13.0 Å². The fraction of sp³-hybridized carbons (Fsp3) is 0.154. The van der Waals surface area contributed by atoms with Gasteiger partial charge < -0.3 is 14.8 Å². The number of rotatable bonds is 5. The smallest absolute Gasteiger partial charge is 0.308 e. The van der Waals surface area contributed by atoms with Crippen LogP contribution in [0.1, 0.15) is 11.4 Å². The molecule has 0 saturated carbocycles. The summed E-state index contributed by atoms with van der Waals surface area (Å²) in [4.78, 5) is 28.2. The van der Waals surface area contributed by atoms with Crippen LogP contribution in [0.3, 0.4) is 0 Å². The molecule has 8 heteroatoms. The summed E-state index contributed by atoms with van der Waals surface area (Å²) in [6, 6.07) is 2.81. The minimum Gasteiger partial charge on any atom is -0.483 e. The van der Waals surface area contributed by atoms with Crippen LogP contribution in [0.4, 0.5) is 8.78 Å². The zero-order valence-corrected chi connectivity index (χ0v) is 10.6. The van der Waals surface area contributed by atoms with Gasteiger partial charge in [0.05, 0.1) is 6.42 Å². The average Bonchev–Trinajstić information content (AvgIpc) is 2.40. The Bertz CT molecular complexity index is 730. The fourth-order valence-electron chi connectivity index (χ4n) is 1.56. The Morgan fingerprint density at radius 1 is 1.38 bits per heavy atom. The molecule has 0 fully saturated rings. The molecule has 0 amide bonds. The van der Waals surface area contributed by atoms with Crippen molar-refractivity contribution in [3.8, 4) is 5.75 Å². The van der Waals surface area contributed by atoms with Crippen molar-refractivity contribution in [3.05, 3.63) is 57.8 Å². The molecule has 2 N–H and O–H groups in total. The molecule has 1 heterocycles. The highest BCUT2D eigenvalue weighted by atomic mass is 19.1. The Balaban J connectivity index is 2.08. The lowest BCUT2D eigenvalue weighted by molar-refractivity contribution is -0.136. The normalized spacial score (nSPS) is 10.4. The topological polar surface area (TPSA) is 92.3 Å². The first-order chi connectivity index (χ1) is 9.95. The van der Waals surface area contributed by atoms with Crippen molar-refractivity contribution in [3.63, 3.8) is 0 Å². The SMILES string of the molecule is O=C(O)Cc1cnc(COc2ccc(F)cc2F)[nH]c1=O. The third kappa shape index (κ3) is 3.85. The van der Waals surface area contributed by atoms with Crippen molar-refractivity contribution >= 4 is 5.97 Å². The van der Waals surface area contributed by atoms with Gasteiger partial charge in [-0.05, 0) is 12.1 Å². The Kier molecular flexibility index (Phi) is 4.27. The van der Waals surface area contributed by atoms with Crippen molar-refractivity contribution < 1.29 is 23.4 Å². The number of carboxylic acids is 1. The Labute approximate surface area is 117 Å². The molecule has 0 spiro atoms. The predicted octanol–water partition coefficient (Wildman–Crippen LogP) is 1.25. The molecule has 2 rings (SSSR count). The molecular formula is C13H10F2N2O4. The van der Waals surface area contributed by atoms with Gasteiger partial charge in [-0.1, -0.05) is 0 Å². The van der Waals surface area contributed by atoms with Gasteiger partial charge in [0.2, 0.25) is 0 Å². The molecule has 1 aromatic carbocycles. The number of hydrogen-bond acceptors (Lipinski definition) is 4. The molecule has 0 atom stereocenters. The van der Waals surface area contributed by atoms with Crippen LogP contribution in [0.2, 0.25) is 0 Å². The lowest BCUT2D eigenvalue weighted by atomic mass is 10.2. The first-order valence-corrected chi connectivity index (χ1v) is 5.82. The van der Waals surface area contributed by atoms with E-state index in [4.69, 9.17) is 9.84 Å². The van der Waals surface area contributed by atoms with Crippen molar-refractivity contribution in [1.29, 1.82) is 0 Å². The van der Waals surface area contributed by atoms with E-state index in [1.807, 2.05) is 0 Å². The van der Waals surface area contributed by atoms with E-state index in [0.717, 1.165) is 18.3 Å². The summed E-state index contributed by atoms with van der Waals surface area (Å²) >= 11 is 0. The second-order valence-corrected chi connectivity index (χ2v) is 4.12. The van der Waals surface area contributed by atoms with Gasteiger partial charge in [-0.3, -0.25) is 9.59 Å². The van der Waals surface area contributed by atoms with E-state index in [2.05, 4.69) is 9.97 Å². The van der Waals surface area contributed by atoms with Crippen LogP contribution in [0, 0.1) is 11.6 Å². The van der Waals surface area contributed by atoms with E-state index in [9.17, 15) is 18.4 Å². The number of halogens is 2. The molecule has 0 bridgehead atoms. The van der Waals surface area contributed by atoms with E-state index in [-0.39, 0.29) is 23.7 Å². The fourth-order valence-corrected chi connectivity index (χ4v) is 1.56. The zero-order valence-electron chi connectivity index (χ0n) is 10.6. The number of carboxylic acid groups (broad SMARTS) is 1. The van der Waals surface area contributed by atoms with Gasteiger partial charge in [-0.2, -0.15) is 0 Å². The molecule has 0 aliphatic rings. The minimum atomic E-state index is -1.15. The highest BCUT2D eigenvalue weighted by Crippen LogP contribution is 2.18. The number of nitrogens with zero attached hydrogens (tertiary/aromatic N) is 1. The summed E-state index contributed by atoms with van der Waals surface area (Å²) in [6.45, 7) is -0.245. The quantitative estimate of drug-likeness (QED) is 0.866. The number of aromatic amines is 1. The van der Waals surface area contributed by atoms with Crippen molar-refractivity contribution in [1.82, 2.24) is 9.97 Å². The molecule has 1 aromatic heterocycles. The largest absolute Gasteiger partial charge is 0.483 e. The van der Waals surface area contributed by atoms with Crippen molar-refractivity contribution in [2.75, 3.05) is 0 Å². The Morgan fingerprint density at radius 3 is 2.76 bits per heavy atom. The molecule has 0 unspecified atom stereocenters. The first kappa shape index (κ1) is 14.6. The first-order valence-electron chi connectivity index (χ1n) is 5.82. The van der Waals surface area contributed by atoms with Crippen molar-refractivity contribution in [2.24, 2.45) is 0 Å². The van der Waals surface area contributed by atoms with Crippen LogP contribution in [-0.4, -0.2) is 21.0 Å². The summed E-state index contributed by atoms with van der Waals surface area (Å²) in [5.41, 5.74) is -0.607. The maximum Gasteiger partial charge on any atom is 0.308 e. The van der Waals surface area contributed by atoms with Gasteiger partial charge in [0.25, 0.3) is 5.56 Å². The van der Waals surface area contributed by atoms with E-state index in [1.165, 1.54) is 0 Å². The summed E-state index contributed by atoms with van der Waals surface area (Å²) in [5, 5.41) is 8.59. The van der Waals surface area contributed by atoms with Gasteiger partial charge in [-0.15, -0.1) is 0 Å². The number of benzene rings is 1. The van der Waals surface area contributed by atoms with Crippen LogP contribution in [0.15, 0.2) is 29.2 Å². The molecule has 110 valence electrons. The van der Waals surface area contributed by atoms with Gasteiger partial charge in [0.15, 0.2) is 11.6 Å². The number of carbonyl (C=O) groups is 1. The standard InChI is InChI=1S/C13H10F2N2O4/c14-8-1-2-10(9(15)4-8)21-6-11-16-5-7(3-12(18)19)13(20)17-11/h1-2,4-5H,3,6H2,(H,18,19)(H,16,17,20). The van der Waals surface area contributed by atoms with Crippen LogP contribution < -0.4 is 10.3 Å². The maximum atomic E-state index is 13.3. The maximum absolute atomic E-state index is 13.3. The van der Waals surface area contributed by atoms with E-state index < -0.39 is 29.6 Å². The minimum absolute atomic E-state index is 0.000729. The van der Waals surface area contributed by atoms with E-state index >= 15 is 0 Å². The van der Waals surface area contributed by atoms with Crippen LogP contribution in [0.25, 0.3) is 0 Å². The number of aliphatic carboxylic acids is 1. The summed E-state index contributed by atoms with van der Waals surface area (Å²) < 4.78 is 31.1. The van der Waals surface area contributed by atoms with E-state index in [0.29, 0.717) is 6.07 Å². The zero-order chi connectivity index (χ0) is 15.4. The number of nitrogens with one attached hydrogen (secondary N) is 1. The molecule has 0 aliphatic heterocycles. The Morgan fingerprint density at radius 2 is 2.14 bits per heavy atom. The number of H-pyrrole nitrogens is 1. The highest BCUT2D eigenvalue weighted by molar-refractivity contribution is 5.69. The Hall–Kier alpha value is -2.77. The van der Waals surface area contributed by atoms with Crippen LogP contribution >= 0.6 is 0 Å². The van der Waals surface area contributed by atoms with Gasteiger partial charge in [-0.25, -0.2) is 13.8 Å². The third-order valence-corrected chi connectivity index (χ3v) is 2.53. The molecule has 2 aromatic rings. The lowest BCUT2D eigenvalue weighted by Crippen LogP contribution is -2.19. The van der Waals surface area contributed by atoms with E-state index in [1.54, 1.807) is 0 Å². The second-order valence-electron chi connectivity index (χ2n) is 4.12. The van der Waals surface area contributed by atoms with Gasteiger partial charge >= 0.3 is 5.97 Å². The average molecular weight is 296 g/mol. The highest BCUT2D eigenvalue weighted by Gasteiger charge is 2.09. The van der Waals surface area contributed by atoms with Gasteiger partial charge in [0, 0.05) is 17.8 Å². The summed E-state index contributed by atoms with van der Waals surface area (Å²) in [5.74, 6) is -2.85. The number of aromatic nitrogens is 2. The molecule has 0 radical (unpaired) electrons. The monoisotopic (exact) mass is 296 g/mol.